The average Bonchev–Trinajstić information content (AvgIpc) is 3.25. The number of likely N-dealkylation sites (tertiary alicyclic amines) is 1. The minimum absolute atomic E-state index is 0.189. The van der Waals surface area contributed by atoms with E-state index in [9.17, 15) is 14.0 Å². The molecule has 7 nitrogen and oxygen atoms in total. The molecule has 1 aliphatic rings. The zero-order chi connectivity index (χ0) is 20.3. The van der Waals surface area contributed by atoms with Crippen molar-refractivity contribution in [3.8, 4) is 0 Å². The number of nitrogens with one attached hydrogen (secondary N) is 2. The summed E-state index contributed by atoms with van der Waals surface area (Å²) in [6.45, 7) is 4.43. The van der Waals surface area contributed by atoms with Crippen LogP contribution in [-0.4, -0.2) is 52.2 Å². The van der Waals surface area contributed by atoms with Gasteiger partial charge in [0.15, 0.2) is 17.3 Å². The molecule has 1 atom stereocenters. The van der Waals surface area contributed by atoms with Gasteiger partial charge < -0.3 is 10.6 Å². The van der Waals surface area contributed by atoms with Crippen LogP contribution in [0.15, 0.2) is 24.3 Å². The lowest BCUT2D eigenvalue weighted by molar-refractivity contribution is 0.0930. The maximum atomic E-state index is 14.8. The lowest BCUT2D eigenvalue weighted by atomic mass is 10.2. The van der Waals surface area contributed by atoms with Gasteiger partial charge in [-0.05, 0) is 38.1 Å². The van der Waals surface area contributed by atoms with E-state index in [1.165, 1.54) is 13.1 Å². The third kappa shape index (κ3) is 4.18. The average molecular weight is 408 g/mol. The number of carbonyl (C=O) groups is 2. The highest BCUT2D eigenvalue weighted by molar-refractivity contribution is 6.34. The highest BCUT2D eigenvalue weighted by Gasteiger charge is 2.27. The van der Waals surface area contributed by atoms with Crippen molar-refractivity contribution in [1.82, 2.24) is 20.0 Å². The molecule has 0 bridgehead atoms. The molecule has 1 unspecified atom stereocenters. The van der Waals surface area contributed by atoms with E-state index >= 15 is 0 Å². The zero-order valence-electron chi connectivity index (χ0n) is 15.8. The minimum atomic E-state index is -0.876. The minimum Gasteiger partial charge on any atom is -0.349 e. The van der Waals surface area contributed by atoms with Gasteiger partial charge in [0.25, 0.3) is 11.8 Å². The van der Waals surface area contributed by atoms with Gasteiger partial charge in [-0.3, -0.25) is 14.5 Å². The summed E-state index contributed by atoms with van der Waals surface area (Å²) >= 11 is 6.00. The molecule has 2 aromatic rings. The molecule has 1 aromatic carbocycles. The first-order valence-corrected chi connectivity index (χ1v) is 9.60. The fourth-order valence-electron chi connectivity index (χ4n) is 3.44. The van der Waals surface area contributed by atoms with Crippen LogP contribution in [0.5, 0.6) is 0 Å². The van der Waals surface area contributed by atoms with Crippen LogP contribution in [0, 0.1) is 5.82 Å². The molecule has 3 rings (SSSR count). The molecule has 150 valence electrons. The number of likely N-dealkylation sites (N-methyl/N-ethyl adjacent to an activating group) is 1. The number of halogens is 2. The monoisotopic (exact) mass is 407 g/mol. The van der Waals surface area contributed by atoms with Gasteiger partial charge in [-0.25, -0.2) is 9.07 Å². The van der Waals surface area contributed by atoms with E-state index in [0.717, 1.165) is 30.6 Å². The van der Waals surface area contributed by atoms with Crippen molar-refractivity contribution in [3.05, 3.63) is 46.4 Å². The van der Waals surface area contributed by atoms with Crippen molar-refractivity contribution >= 4 is 29.2 Å². The third-order valence-electron chi connectivity index (χ3n) is 4.96. The van der Waals surface area contributed by atoms with E-state index in [-0.39, 0.29) is 28.1 Å². The molecular formula is C19H23ClFN5O2. The maximum Gasteiger partial charge on any atom is 0.274 e. The number of hydrogen-bond donors (Lipinski definition) is 2. The molecule has 2 N–H and O–H groups in total. The van der Waals surface area contributed by atoms with Crippen molar-refractivity contribution in [2.75, 3.05) is 25.0 Å². The van der Waals surface area contributed by atoms with Crippen LogP contribution in [0.4, 0.5) is 10.2 Å². The van der Waals surface area contributed by atoms with Gasteiger partial charge in [-0.2, -0.15) is 5.10 Å². The van der Waals surface area contributed by atoms with E-state index in [1.807, 2.05) is 0 Å². The highest BCUT2D eigenvalue weighted by atomic mass is 35.5. The predicted octanol–water partition coefficient (Wildman–Crippen LogP) is 2.68. The van der Waals surface area contributed by atoms with E-state index in [2.05, 4.69) is 27.6 Å². The van der Waals surface area contributed by atoms with E-state index < -0.39 is 17.6 Å². The first-order valence-electron chi connectivity index (χ1n) is 9.23. The summed E-state index contributed by atoms with van der Waals surface area (Å²) in [6, 6.07) is 6.69. The number of amides is 2. The summed E-state index contributed by atoms with van der Waals surface area (Å²) in [5.41, 5.74) is -0.144. The van der Waals surface area contributed by atoms with Gasteiger partial charge in [-0.1, -0.05) is 30.7 Å². The molecule has 1 aliphatic heterocycles. The molecular weight excluding hydrogens is 385 g/mol. The Morgan fingerprint density at radius 1 is 1.32 bits per heavy atom. The van der Waals surface area contributed by atoms with Gasteiger partial charge >= 0.3 is 0 Å². The molecule has 1 saturated heterocycles. The standard InChI is InChI=1S/C19H23ClFN5O2/c1-3-26-10-6-7-12(26)11-22-19(28)16-15(21)17(25(2)24-16)23-18(27)13-8-4-5-9-14(13)20/h4-5,8-9,12H,3,6-7,10-11H2,1-2H3,(H,22,28)(H,23,27). The molecule has 0 spiro atoms. The van der Waals surface area contributed by atoms with E-state index in [1.54, 1.807) is 18.2 Å². The summed E-state index contributed by atoms with van der Waals surface area (Å²) in [4.78, 5) is 27.1. The largest absolute Gasteiger partial charge is 0.349 e. The summed E-state index contributed by atoms with van der Waals surface area (Å²) in [6.07, 6.45) is 2.09. The van der Waals surface area contributed by atoms with Crippen LogP contribution < -0.4 is 10.6 Å². The molecule has 1 fully saturated rings. The Balaban J connectivity index is 1.70. The Hall–Kier alpha value is -2.45. The second kappa shape index (κ2) is 8.70. The quantitative estimate of drug-likeness (QED) is 0.771. The molecule has 2 heterocycles. The van der Waals surface area contributed by atoms with Gasteiger partial charge in [0, 0.05) is 19.6 Å². The van der Waals surface area contributed by atoms with Crippen LogP contribution in [0.2, 0.25) is 5.02 Å². The third-order valence-corrected chi connectivity index (χ3v) is 5.29. The number of aryl methyl sites for hydroxylation is 1. The lowest BCUT2D eigenvalue weighted by Gasteiger charge is -2.22. The van der Waals surface area contributed by atoms with Crippen molar-refractivity contribution in [2.24, 2.45) is 7.05 Å². The molecule has 0 aliphatic carbocycles. The second-order valence-corrected chi connectivity index (χ2v) is 7.11. The molecule has 0 radical (unpaired) electrons. The Morgan fingerprint density at radius 3 is 2.79 bits per heavy atom. The zero-order valence-corrected chi connectivity index (χ0v) is 16.6. The summed E-state index contributed by atoms with van der Waals surface area (Å²) < 4.78 is 15.9. The second-order valence-electron chi connectivity index (χ2n) is 6.70. The first-order chi connectivity index (χ1) is 13.4. The van der Waals surface area contributed by atoms with Crippen LogP contribution in [0.3, 0.4) is 0 Å². The molecule has 1 aromatic heterocycles. The summed E-state index contributed by atoms with van der Waals surface area (Å²) in [5, 5.41) is 9.37. The first kappa shape index (κ1) is 20.3. The summed E-state index contributed by atoms with van der Waals surface area (Å²) in [7, 11) is 1.46. The van der Waals surface area contributed by atoms with Gasteiger partial charge in [0.05, 0.1) is 10.6 Å². The molecule has 0 saturated carbocycles. The Morgan fingerprint density at radius 2 is 2.07 bits per heavy atom. The number of aromatic nitrogens is 2. The maximum absolute atomic E-state index is 14.8. The summed E-state index contributed by atoms with van der Waals surface area (Å²) in [5.74, 6) is -2.25. The smallest absolute Gasteiger partial charge is 0.274 e. The fraction of sp³-hybridized carbons (Fsp3) is 0.421. The van der Waals surface area contributed by atoms with Gasteiger partial charge in [0.1, 0.15) is 0 Å². The topological polar surface area (TPSA) is 79.3 Å². The van der Waals surface area contributed by atoms with Crippen LogP contribution in [-0.2, 0) is 7.05 Å². The van der Waals surface area contributed by atoms with Crippen molar-refractivity contribution in [2.45, 2.75) is 25.8 Å². The molecule has 9 heteroatoms. The lowest BCUT2D eigenvalue weighted by Crippen LogP contribution is -2.40. The molecule has 2 amide bonds. The van der Waals surface area contributed by atoms with Crippen LogP contribution in [0.25, 0.3) is 0 Å². The van der Waals surface area contributed by atoms with Crippen molar-refractivity contribution in [1.29, 1.82) is 0 Å². The number of benzene rings is 1. The SMILES string of the molecule is CCN1CCCC1CNC(=O)c1nn(C)c(NC(=O)c2ccccc2Cl)c1F. The Kier molecular flexibility index (Phi) is 6.31. The number of anilines is 1. The van der Waals surface area contributed by atoms with Crippen LogP contribution in [0.1, 0.15) is 40.6 Å². The fourth-order valence-corrected chi connectivity index (χ4v) is 3.66. The number of rotatable bonds is 6. The number of hydrogen-bond acceptors (Lipinski definition) is 4. The van der Waals surface area contributed by atoms with Crippen LogP contribution >= 0.6 is 11.6 Å². The Labute approximate surface area is 167 Å². The normalized spacial score (nSPS) is 16.9. The molecule has 28 heavy (non-hydrogen) atoms. The van der Waals surface area contributed by atoms with Gasteiger partial charge in [-0.15, -0.1) is 0 Å². The Bertz CT molecular complexity index is 885. The predicted molar refractivity (Wildman–Crippen MR) is 105 cm³/mol. The number of carbonyl (C=O) groups excluding carboxylic acids is 2. The van der Waals surface area contributed by atoms with Crippen molar-refractivity contribution in [3.63, 3.8) is 0 Å². The van der Waals surface area contributed by atoms with Crippen molar-refractivity contribution < 1.29 is 14.0 Å². The highest BCUT2D eigenvalue weighted by Crippen LogP contribution is 2.21. The number of nitrogens with zero attached hydrogens (tertiary/aromatic N) is 3. The van der Waals surface area contributed by atoms with E-state index in [0.29, 0.717) is 6.54 Å². The van der Waals surface area contributed by atoms with E-state index in [4.69, 9.17) is 11.6 Å². The van der Waals surface area contributed by atoms with Gasteiger partial charge in [0.2, 0.25) is 0 Å².